The highest BCUT2D eigenvalue weighted by molar-refractivity contribution is 5.96. The average molecular weight is 254 g/mol. The summed E-state index contributed by atoms with van der Waals surface area (Å²) in [7, 11) is 0. The standard InChI is InChI=1S/C16H18N2O/c1-11-7-8-12(2)15(9-11)19-10-13-5-3-4-6-14(13)16(17)18/h3-9H,10H2,1-2H3,(H3,17,18). The van der Waals surface area contributed by atoms with E-state index in [4.69, 9.17) is 15.9 Å². The molecule has 0 radical (unpaired) electrons. The van der Waals surface area contributed by atoms with Crippen LogP contribution in [0, 0.1) is 19.3 Å². The van der Waals surface area contributed by atoms with Gasteiger partial charge >= 0.3 is 0 Å². The Morgan fingerprint density at radius 2 is 1.89 bits per heavy atom. The maximum atomic E-state index is 7.56. The molecule has 0 unspecified atom stereocenters. The molecule has 98 valence electrons. The predicted molar refractivity (Wildman–Crippen MR) is 77.7 cm³/mol. The Morgan fingerprint density at radius 1 is 1.16 bits per heavy atom. The van der Waals surface area contributed by atoms with Crippen molar-refractivity contribution in [1.82, 2.24) is 0 Å². The van der Waals surface area contributed by atoms with Crippen LogP contribution >= 0.6 is 0 Å². The van der Waals surface area contributed by atoms with E-state index in [1.165, 1.54) is 5.56 Å². The minimum atomic E-state index is 0.0696. The Balaban J connectivity index is 2.19. The van der Waals surface area contributed by atoms with E-state index in [2.05, 4.69) is 6.07 Å². The highest BCUT2D eigenvalue weighted by atomic mass is 16.5. The summed E-state index contributed by atoms with van der Waals surface area (Å²) in [5.74, 6) is 0.943. The van der Waals surface area contributed by atoms with Gasteiger partial charge in [0.25, 0.3) is 0 Å². The first kappa shape index (κ1) is 13.1. The van der Waals surface area contributed by atoms with Crippen LogP contribution in [0.3, 0.4) is 0 Å². The zero-order chi connectivity index (χ0) is 13.8. The van der Waals surface area contributed by atoms with Crippen LogP contribution in [-0.4, -0.2) is 5.84 Å². The first-order valence-corrected chi connectivity index (χ1v) is 6.20. The van der Waals surface area contributed by atoms with E-state index in [-0.39, 0.29) is 5.84 Å². The normalized spacial score (nSPS) is 10.2. The topological polar surface area (TPSA) is 59.1 Å². The second-order valence-electron chi connectivity index (χ2n) is 4.63. The molecule has 3 heteroatoms. The molecule has 0 bridgehead atoms. The number of hydrogen-bond donors (Lipinski definition) is 2. The fourth-order valence-corrected chi connectivity index (χ4v) is 1.93. The van der Waals surface area contributed by atoms with Crippen molar-refractivity contribution in [2.75, 3.05) is 0 Å². The van der Waals surface area contributed by atoms with Crippen LogP contribution in [-0.2, 0) is 6.61 Å². The quantitative estimate of drug-likeness (QED) is 0.650. The molecule has 0 spiro atoms. The number of nitrogens with two attached hydrogens (primary N) is 1. The number of hydrogen-bond acceptors (Lipinski definition) is 2. The molecule has 0 heterocycles. The molecule has 19 heavy (non-hydrogen) atoms. The van der Waals surface area contributed by atoms with Crippen LogP contribution in [0.4, 0.5) is 0 Å². The third kappa shape index (κ3) is 3.13. The van der Waals surface area contributed by atoms with Gasteiger partial charge in [0.1, 0.15) is 18.2 Å². The molecule has 2 rings (SSSR count). The first-order chi connectivity index (χ1) is 9.08. The van der Waals surface area contributed by atoms with Gasteiger partial charge in [0.2, 0.25) is 0 Å². The Bertz CT molecular complexity index is 605. The lowest BCUT2D eigenvalue weighted by molar-refractivity contribution is 0.303. The van der Waals surface area contributed by atoms with Gasteiger partial charge in [-0.2, -0.15) is 0 Å². The number of amidine groups is 1. The van der Waals surface area contributed by atoms with Crippen LogP contribution < -0.4 is 10.5 Å². The van der Waals surface area contributed by atoms with Crippen LogP contribution in [0.2, 0.25) is 0 Å². The van der Waals surface area contributed by atoms with Gasteiger partial charge in [-0.1, -0.05) is 36.4 Å². The van der Waals surface area contributed by atoms with E-state index < -0.39 is 0 Å². The van der Waals surface area contributed by atoms with Crippen LogP contribution in [0.5, 0.6) is 5.75 Å². The Morgan fingerprint density at radius 3 is 2.63 bits per heavy atom. The molecule has 3 nitrogen and oxygen atoms in total. The monoisotopic (exact) mass is 254 g/mol. The largest absolute Gasteiger partial charge is 0.489 e. The molecule has 2 aromatic carbocycles. The van der Waals surface area contributed by atoms with E-state index >= 15 is 0 Å². The van der Waals surface area contributed by atoms with E-state index in [1.54, 1.807) is 0 Å². The molecule has 0 aliphatic heterocycles. The van der Waals surface area contributed by atoms with Crippen molar-refractivity contribution in [2.45, 2.75) is 20.5 Å². The van der Waals surface area contributed by atoms with E-state index in [1.807, 2.05) is 50.2 Å². The van der Waals surface area contributed by atoms with Crippen molar-refractivity contribution in [3.8, 4) is 5.75 Å². The summed E-state index contributed by atoms with van der Waals surface area (Å²) in [6.07, 6.45) is 0. The first-order valence-electron chi connectivity index (χ1n) is 6.20. The van der Waals surface area contributed by atoms with Gasteiger partial charge in [0.15, 0.2) is 0 Å². The summed E-state index contributed by atoms with van der Waals surface area (Å²) < 4.78 is 5.84. The SMILES string of the molecule is Cc1ccc(C)c(OCc2ccccc2C(=N)N)c1. The summed E-state index contributed by atoms with van der Waals surface area (Å²) in [4.78, 5) is 0. The summed E-state index contributed by atoms with van der Waals surface area (Å²) in [5.41, 5.74) is 9.49. The molecule has 0 aliphatic rings. The molecule has 3 N–H and O–H groups in total. The van der Waals surface area contributed by atoms with Crippen molar-refractivity contribution in [1.29, 1.82) is 5.41 Å². The molecule has 0 aliphatic carbocycles. The lowest BCUT2D eigenvalue weighted by atomic mass is 10.1. The molecule has 0 atom stereocenters. The highest BCUT2D eigenvalue weighted by Gasteiger charge is 2.06. The van der Waals surface area contributed by atoms with Gasteiger partial charge in [-0.25, -0.2) is 0 Å². The number of aryl methyl sites for hydroxylation is 2. The Kier molecular flexibility index (Phi) is 3.85. The zero-order valence-electron chi connectivity index (χ0n) is 11.2. The molecule has 0 aromatic heterocycles. The van der Waals surface area contributed by atoms with E-state index in [0.29, 0.717) is 6.61 Å². The van der Waals surface area contributed by atoms with Crippen molar-refractivity contribution in [2.24, 2.45) is 5.73 Å². The fraction of sp³-hybridized carbons (Fsp3) is 0.188. The summed E-state index contributed by atoms with van der Waals surface area (Å²) >= 11 is 0. The number of ether oxygens (including phenoxy) is 1. The summed E-state index contributed by atoms with van der Waals surface area (Å²) in [6.45, 7) is 4.47. The van der Waals surface area contributed by atoms with Crippen LogP contribution in [0.15, 0.2) is 42.5 Å². The number of nitrogens with one attached hydrogen (secondary N) is 1. The Hall–Kier alpha value is -2.29. The minimum absolute atomic E-state index is 0.0696. The van der Waals surface area contributed by atoms with Gasteiger partial charge in [0, 0.05) is 11.1 Å². The number of rotatable bonds is 4. The summed E-state index contributed by atoms with van der Waals surface area (Å²) in [6, 6.07) is 13.7. The fourth-order valence-electron chi connectivity index (χ4n) is 1.93. The van der Waals surface area contributed by atoms with Gasteiger partial charge in [0.05, 0.1) is 0 Å². The lowest BCUT2D eigenvalue weighted by Crippen LogP contribution is -2.14. The zero-order valence-corrected chi connectivity index (χ0v) is 11.2. The number of benzene rings is 2. The minimum Gasteiger partial charge on any atom is -0.489 e. The second-order valence-corrected chi connectivity index (χ2v) is 4.63. The van der Waals surface area contributed by atoms with E-state index in [9.17, 15) is 0 Å². The molecule has 0 saturated carbocycles. The van der Waals surface area contributed by atoms with Crippen molar-refractivity contribution in [3.05, 3.63) is 64.7 Å². The molecular weight excluding hydrogens is 236 g/mol. The maximum Gasteiger partial charge on any atom is 0.123 e. The van der Waals surface area contributed by atoms with Gasteiger partial charge in [-0.3, -0.25) is 5.41 Å². The van der Waals surface area contributed by atoms with Crippen molar-refractivity contribution < 1.29 is 4.74 Å². The average Bonchev–Trinajstić information content (AvgIpc) is 2.40. The molecular formula is C16H18N2O. The van der Waals surface area contributed by atoms with Gasteiger partial charge < -0.3 is 10.5 Å². The predicted octanol–water partition coefficient (Wildman–Crippen LogP) is 3.17. The Labute approximate surface area is 113 Å². The highest BCUT2D eigenvalue weighted by Crippen LogP contribution is 2.21. The molecule has 0 fully saturated rings. The van der Waals surface area contributed by atoms with Crippen LogP contribution in [0.25, 0.3) is 0 Å². The smallest absolute Gasteiger partial charge is 0.123 e. The van der Waals surface area contributed by atoms with E-state index in [0.717, 1.165) is 22.4 Å². The summed E-state index contributed by atoms with van der Waals surface area (Å²) in [5, 5.41) is 7.56. The van der Waals surface area contributed by atoms with Gasteiger partial charge in [-0.15, -0.1) is 0 Å². The molecule has 0 saturated heterocycles. The second kappa shape index (κ2) is 5.57. The van der Waals surface area contributed by atoms with Gasteiger partial charge in [-0.05, 0) is 31.0 Å². The van der Waals surface area contributed by atoms with Crippen molar-refractivity contribution >= 4 is 5.84 Å². The third-order valence-electron chi connectivity index (χ3n) is 3.03. The maximum absolute atomic E-state index is 7.56. The molecule has 0 amide bonds. The molecule has 2 aromatic rings. The lowest BCUT2D eigenvalue weighted by Gasteiger charge is -2.12. The van der Waals surface area contributed by atoms with Crippen LogP contribution in [0.1, 0.15) is 22.3 Å². The third-order valence-corrected chi connectivity index (χ3v) is 3.03. The van der Waals surface area contributed by atoms with Crippen molar-refractivity contribution in [3.63, 3.8) is 0 Å². The number of nitrogen functional groups attached to an aromatic ring is 1.